The third-order valence-corrected chi connectivity index (χ3v) is 5.41. The number of nitrogens with one attached hydrogen (secondary N) is 2. The van der Waals surface area contributed by atoms with E-state index in [1.165, 1.54) is 5.56 Å². The molecule has 0 fully saturated rings. The fraction of sp³-hybridized carbons (Fsp3) is 0.125. The van der Waals surface area contributed by atoms with E-state index in [0.717, 1.165) is 28.1 Å². The molecule has 0 aliphatic carbocycles. The number of aromatic nitrogens is 3. The molecule has 30 heavy (non-hydrogen) atoms. The van der Waals surface area contributed by atoms with E-state index >= 15 is 0 Å². The van der Waals surface area contributed by atoms with Crippen LogP contribution >= 0.6 is 0 Å². The maximum absolute atomic E-state index is 13.5. The number of fused-ring (bicyclic) bond motifs is 1. The molecule has 148 valence electrons. The van der Waals surface area contributed by atoms with Crippen molar-refractivity contribution in [2.45, 2.75) is 19.6 Å². The highest BCUT2D eigenvalue weighted by molar-refractivity contribution is 6.01. The molecule has 0 bridgehead atoms. The second kappa shape index (κ2) is 7.48. The summed E-state index contributed by atoms with van der Waals surface area (Å²) in [7, 11) is 0. The first-order valence-corrected chi connectivity index (χ1v) is 9.86. The van der Waals surface area contributed by atoms with Gasteiger partial charge in [0, 0.05) is 35.8 Å². The van der Waals surface area contributed by atoms with Crippen LogP contribution in [0.15, 0.2) is 79.3 Å². The van der Waals surface area contributed by atoms with E-state index < -0.39 is 0 Å². The highest BCUT2D eigenvalue weighted by Gasteiger charge is 2.34. The summed E-state index contributed by atoms with van der Waals surface area (Å²) in [4.78, 5) is 19.6. The van der Waals surface area contributed by atoms with Gasteiger partial charge in [-0.25, -0.2) is 0 Å². The summed E-state index contributed by atoms with van der Waals surface area (Å²) in [6.07, 6.45) is 4.95. The topological polar surface area (TPSA) is 73.9 Å². The number of nitrogens with zero attached hydrogens (tertiary/aromatic N) is 3. The van der Waals surface area contributed by atoms with E-state index in [4.69, 9.17) is 0 Å². The largest absolute Gasteiger partial charge is 0.361 e. The van der Waals surface area contributed by atoms with Crippen molar-refractivity contribution in [3.8, 4) is 11.3 Å². The number of hydrogen-bond donors (Lipinski definition) is 2. The number of aromatic amines is 1. The van der Waals surface area contributed by atoms with Crippen LogP contribution in [0.5, 0.6) is 0 Å². The second-order valence-electron chi connectivity index (χ2n) is 7.45. The Bertz CT molecular complexity index is 1180. The number of anilines is 1. The molecule has 0 saturated carbocycles. The summed E-state index contributed by atoms with van der Waals surface area (Å²) in [6.45, 7) is 2.55. The number of H-pyrrole nitrogens is 1. The van der Waals surface area contributed by atoms with Crippen molar-refractivity contribution in [2.24, 2.45) is 0 Å². The molecular formula is C24H21N5O. The van der Waals surface area contributed by atoms with Crippen molar-refractivity contribution in [2.75, 3.05) is 5.32 Å². The van der Waals surface area contributed by atoms with Crippen molar-refractivity contribution in [1.82, 2.24) is 20.1 Å². The zero-order chi connectivity index (χ0) is 20.5. The van der Waals surface area contributed by atoms with E-state index in [0.29, 0.717) is 12.1 Å². The molecule has 2 aromatic heterocycles. The minimum atomic E-state index is -0.359. The molecule has 4 aromatic rings. The first-order valence-electron chi connectivity index (χ1n) is 9.86. The van der Waals surface area contributed by atoms with E-state index in [-0.39, 0.29) is 12.1 Å². The summed E-state index contributed by atoms with van der Waals surface area (Å²) in [5.41, 5.74) is 6.44. The lowest BCUT2D eigenvalue weighted by molar-refractivity contribution is 0.0667. The van der Waals surface area contributed by atoms with Crippen molar-refractivity contribution < 1.29 is 4.79 Å². The Morgan fingerprint density at radius 2 is 1.83 bits per heavy atom. The maximum atomic E-state index is 13.5. The van der Waals surface area contributed by atoms with Gasteiger partial charge in [0.15, 0.2) is 0 Å². The quantitative estimate of drug-likeness (QED) is 0.532. The average Bonchev–Trinajstić information content (AvgIpc) is 3.27. The van der Waals surface area contributed by atoms with Gasteiger partial charge in [0.25, 0.3) is 5.91 Å². The summed E-state index contributed by atoms with van der Waals surface area (Å²) in [5, 5.41) is 10.9. The Morgan fingerprint density at radius 1 is 1.00 bits per heavy atom. The molecule has 3 heterocycles. The first-order chi connectivity index (χ1) is 14.7. The van der Waals surface area contributed by atoms with Crippen LogP contribution in [0.3, 0.4) is 0 Å². The van der Waals surface area contributed by atoms with Gasteiger partial charge in [-0.1, -0.05) is 42.0 Å². The fourth-order valence-electron chi connectivity index (χ4n) is 3.84. The third-order valence-electron chi connectivity index (χ3n) is 5.41. The van der Waals surface area contributed by atoms with Gasteiger partial charge in [-0.3, -0.25) is 14.9 Å². The Labute approximate surface area is 174 Å². The van der Waals surface area contributed by atoms with Gasteiger partial charge in [-0.2, -0.15) is 5.10 Å². The lowest BCUT2D eigenvalue weighted by Crippen LogP contribution is -2.42. The third kappa shape index (κ3) is 3.22. The smallest absolute Gasteiger partial charge is 0.258 e. The van der Waals surface area contributed by atoms with Crippen LogP contribution in [0.25, 0.3) is 11.3 Å². The number of hydrogen-bond acceptors (Lipinski definition) is 4. The van der Waals surface area contributed by atoms with Gasteiger partial charge in [0.05, 0.1) is 17.5 Å². The number of pyridine rings is 1. The van der Waals surface area contributed by atoms with Crippen LogP contribution in [-0.4, -0.2) is 26.0 Å². The minimum absolute atomic E-state index is 0.00624. The van der Waals surface area contributed by atoms with Gasteiger partial charge in [0.1, 0.15) is 6.17 Å². The van der Waals surface area contributed by atoms with Gasteiger partial charge >= 0.3 is 0 Å². The van der Waals surface area contributed by atoms with Gasteiger partial charge in [-0.05, 0) is 36.8 Å². The van der Waals surface area contributed by atoms with Crippen LogP contribution < -0.4 is 5.32 Å². The molecule has 0 spiro atoms. The Kier molecular flexibility index (Phi) is 4.52. The number of aryl methyl sites for hydroxylation is 1. The van der Waals surface area contributed by atoms with E-state index in [9.17, 15) is 4.79 Å². The van der Waals surface area contributed by atoms with E-state index in [2.05, 4.69) is 51.7 Å². The molecule has 1 atom stereocenters. The highest BCUT2D eigenvalue weighted by Crippen LogP contribution is 2.37. The molecule has 6 heteroatoms. The Hall–Kier alpha value is -3.93. The van der Waals surface area contributed by atoms with Crippen LogP contribution in [0, 0.1) is 6.92 Å². The standard InChI is InChI=1S/C24H21N5O/c1-16-8-10-17(11-9-16)15-29-23(27-21-7-3-2-6-19(21)24(29)30)20-14-26-28-22(20)18-5-4-12-25-13-18/h2-14,23,27H,15H2,1H3,(H,26,28)/t23-/m0/s1. The van der Waals surface area contributed by atoms with Crippen molar-refractivity contribution in [3.05, 3.63) is 102 Å². The van der Waals surface area contributed by atoms with Gasteiger partial charge < -0.3 is 10.2 Å². The Balaban J connectivity index is 1.59. The molecule has 0 saturated heterocycles. The van der Waals surface area contributed by atoms with Crippen molar-refractivity contribution in [3.63, 3.8) is 0 Å². The monoisotopic (exact) mass is 395 g/mol. The maximum Gasteiger partial charge on any atom is 0.258 e. The fourth-order valence-corrected chi connectivity index (χ4v) is 3.84. The molecule has 5 rings (SSSR count). The van der Waals surface area contributed by atoms with E-state index in [1.807, 2.05) is 41.3 Å². The SMILES string of the molecule is Cc1ccc(CN2C(=O)c3ccccc3N[C@@H]2c2cn[nH]c2-c2cccnc2)cc1. The minimum Gasteiger partial charge on any atom is -0.361 e. The Morgan fingerprint density at radius 3 is 2.63 bits per heavy atom. The number of para-hydroxylation sites is 1. The number of benzene rings is 2. The summed E-state index contributed by atoms with van der Waals surface area (Å²) in [5.74, 6) is -0.00624. The molecular weight excluding hydrogens is 374 g/mol. The molecule has 1 aliphatic rings. The van der Waals surface area contributed by atoms with Crippen molar-refractivity contribution >= 4 is 11.6 Å². The summed E-state index contributed by atoms with van der Waals surface area (Å²) < 4.78 is 0. The molecule has 2 N–H and O–H groups in total. The van der Waals surface area contributed by atoms with Crippen molar-refractivity contribution in [1.29, 1.82) is 0 Å². The first kappa shape index (κ1) is 18.1. The summed E-state index contributed by atoms with van der Waals surface area (Å²) in [6, 6.07) is 19.8. The molecule has 0 unspecified atom stereocenters. The second-order valence-corrected chi connectivity index (χ2v) is 7.45. The number of rotatable bonds is 4. The van der Waals surface area contributed by atoms with Crippen LogP contribution in [-0.2, 0) is 6.54 Å². The van der Waals surface area contributed by atoms with Gasteiger partial charge in [-0.15, -0.1) is 0 Å². The predicted molar refractivity (Wildman–Crippen MR) is 116 cm³/mol. The van der Waals surface area contributed by atoms with Crippen LogP contribution in [0.4, 0.5) is 5.69 Å². The molecule has 2 aromatic carbocycles. The highest BCUT2D eigenvalue weighted by atomic mass is 16.2. The number of carbonyl (C=O) groups is 1. The molecule has 0 radical (unpaired) electrons. The average molecular weight is 395 g/mol. The number of carbonyl (C=O) groups excluding carboxylic acids is 1. The summed E-state index contributed by atoms with van der Waals surface area (Å²) >= 11 is 0. The van der Waals surface area contributed by atoms with Crippen LogP contribution in [0.2, 0.25) is 0 Å². The lowest BCUT2D eigenvalue weighted by atomic mass is 10.0. The molecule has 6 nitrogen and oxygen atoms in total. The van der Waals surface area contributed by atoms with Crippen LogP contribution in [0.1, 0.15) is 33.2 Å². The normalized spacial score (nSPS) is 15.6. The zero-order valence-corrected chi connectivity index (χ0v) is 16.5. The predicted octanol–water partition coefficient (Wildman–Crippen LogP) is 4.55. The zero-order valence-electron chi connectivity index (χ0n) is 16.5. The van der Waals surface area contributed by atoms with Gasteiger partial charge in [0.2, 0.25) is 0 Å². The molecule has 1 amide bonds. The molecule has 1 aliphatic heterocycles. The van der Waals surface area contributed by atoms with E-state index in [1.54, 1.807) is 18.6 Å². The lowest BCUT2D eigenvalue weighted by Gasteiger charge is -2.38. The number of amides is 1.